The minimum atomic E-state index is -4.49. The Morgan fingerprint density at radius 2 is 1.12 bits per heavy atom. The van der Waals surface area contributed by atoms with Gasteiger partial charge < -0.3 is 0 Å². The van der Waals surface area contributed by atoms with Crippen molar-refractivity contribution in [3.63, 3.8) is 0 Å². The first kappa shape index (κ1) is 20.0. The standard InChI is InChI=1S/C12H14N2O8S2/c1-7-3-10(14-12(16)6-24(20,21)22)8(2)4-9(7)13-11(15)5-23(17,18)19/h3-4H,5-6H2,1-2H3,(H,17,18,19)(H,20,21,22). The van der Waals surface area contributed by atoms with Gasteiger partial charge in [-0.1, -0.05) is 0 Å². The van der Waals surface area contributed by atoms with Crippen molar-refractivity contribution in [3.8, 4) is 0 Å². The average molecular weight is 378 g/mol. The van der Waals surface area contributed by atoms with Gasteiger partial charge in [0.15, 0.2) is 11.5 Å². The maximum absolute atomic E-state index is 11.4. The maximum atomic E-state index is 11.4. The molecule has 10 nitrogen and oxygen atoms in total. The van der Waals surface area contributed by atoms with Crippen LogP contribution in [0.1, 0.15) is 13.8 Å². The highest BCUT2D eigenvalue weighted by atomic mass is 32.2. The Hall–Kier alpha value is -2.02. The van der Waals surface area contributed by atoms with Crippen LogP contribution in [0, 0.1) is 0 Å². The molecule has 0 aromatic carbocycles. The van der Waals surface area contributed by atoms with Crippen LogP contribution in [0.3, 0.4) is 0 Å². The topological polar surface area (TPSA) is 168 Å². The van der Waals surface area contributed by atoms with Crippen molar-refractivity contribution in [2.45, 2.75) is 13.8 Å². The maximum Gasteiger partial charge on any atom is 0.274 e. The molecule has 0 aromatic rings. The number of nitrogens with zero attached hydrogens (tertiary/aromatic N) is 2. The van der Waals surface area contributed by atoms with Gasteiger partial charge >= 0.3 is 0 Å². The van der Waals surface area contributed by atoms with Gasteiger partial charge in [0.05, 0.1) is 11.4 Å². The lowest BCUT2D eigenvalue weighted by Crippen LogP contribution is -2.19. The van der Waals surface area contributed by atoms with E-state index in [0.717, 1.165) is 0 Å². The van der Waals surface area contributed by atoms with Crippen LogP contribution in [-0.4, -0.2) is 60.7 Å². The zero-order valence-corrected chi connectivity index (χ0v) is 14.3. The number of hydrogen-bond acceptors (Lipinski definition) is 6. The molecule has 0 atom stereocenters. The van der Waals surface area contributed by atoms with Crippen LogP contribution in [0.5, 0.6) is 0 Å². The summed E-state index contributed by atoms with van der Waals surface area (Å²) in [5.41, 5.74) is 0.954. The van der Waals surface area contributed by atoms with Gasteiger partial charge in [-0.15, -0.1) is 0 Å². The number of allylic oxidation sites excluding steroid dienone is 4. The van der Waals surface area contributed by atoms with E-state index in [4.69, 9.17) is 9.11 Å². The quantitative estimate of drug-likeness (QED) is 0.492. The SMILES string of the molecule is CC1=CC(=NC(=O)CS(=O)(=O)O)C(C)=CC1=NC(=O)CS(=O)(=O)O. The highest BCUT2D eigenvalue weighted by molar-refractivity contribution is 7.86. The first-order valence-corrected chi connectivity index (χ1v) is 9.49. The Morgan fingerprint density at radius 3 is 1.38 bits per heavy atom. The molecule has 1 aliphatic rings. The molecule has 0 saturated heterocycles. The molecule has 2 amide bonds. The van der Waals surface area contributed by atoms with E-state index in [1.165, 1.54) is 26.0 Å². The van der Waals surface area contributed by atoms with Crippen LogP contribution in [0.4, 0.5) is 0 Å². The van der Waals surface area contributed by atoms with Crippen LogP contribution in [0.2, 0.25) is 0 Å². The summed E-state index contributed by atoms with van der Waals surface area (Å²) in [6.45, 7) is 3.01. The summed E-state index contributed by atoms with van der Waals surface area (Å²) < 4.78 is 59.7. The van der Waals surface area contributed by atoms with Gasteiger partial charge in [-0.05, 0) is 37.1 Å². The zero-order chi connectivity index (χ0) is 18.7. The second-order valence-corrected chi connectivity index (χ2v) is 7.79. The van der Waals surface area contributed by atoms with Crippen LogP contribution in [-0.2, 0) is 29.8 Å². The first-order valence-electron chi connectivity index (χ1n) is 6.27. The van der Waals surface area contributed by atoms with E-state index in [1.54, 1.807) is 0 Å². The van der Waals surface area contributed by atoms with E-state index in [0.29, 0.717) is 11.1 Å². The van der Waals surface area contributed by atoms with E-state index < -0.39 is 43.6 Å². The number of amides is 2. The second kappa shape index (κ2) is 7.25. The van der Waals surface area contributed by atoms with Crippen molar-refractivity contribution < 1.29 is 35.5 Å². The van der Waals surface area contributed by atoms with Crippen LogP contribution in [0.15, 0.2) is 33.3 Å². The van der Waals surface area contributed by atoms with Crippen LogP contribution >= 0.6 is 0 Å². The van der Waals surface area contributed by atoms with E-state index >= 15 is 0 Å². The minimum absolute atomic E-state index is 0.113. The molecule has 2 N–H and O–H groups in total. The molecular formula is C12H14N2O8S2. The molecule has 0 aliphatic heterocycles. The van der Waals surface area contributed by atoms with Gasteiger partial charge in [0, 0.05) is 0 Å². The molecule has 1 aliphatic carbocycles. The second-order valence-electron chi connectivity index (χ2n) is 4.89. The van der Waals surface area contributed by atoms with Gasteiger partial charge in [0.1, 0.15) is 0 Å². The summed E-state index contributed by atoms with van der Waals surface area (Å²) >= 11 is 0. The van der Waals surface area contributed by atoms with Crippen molar-refractivity contribution >= 4 is 43.5 Å². The molecule has 0 spiro atoms. The fraction of sp³-hybridized carbons (Fsp3) is 0.333. The fourth-order valence-electron chi connectivity index (χ4n) is 1.67. The van der Waals surface area contributed by atoms with Crippen molar-refractivity contribution in [2.75, 3.05) is 11.5 Å². The van der Waals surface area contributed by atoms with E-state index in [-0.39, 0.29) is 11.4 Å². The monoisotopic (exact) mass is 378 g/mol. The highest BCUT2D eigenvalue weighted by Gasteiger charge is 2.18. The van der Waals surface area contributed by atoms with E-state index in [2.05, 4.69) is 9.98 Å². The Morgan fingerprint density at radius 1 is 0.833 bits per heavy atom. The van der Waals surface area contributed by atoms with Gasteiger partial charge in [-0.3, -0.25) is 18.7 Å². The lowest BCUT2D eigenvalue weighted by atomic mass is 9.98. The lowest BCUT2D eigenvalue weighted by molar-refractivity contribution is -0.116. The summed E-state index contributed by atoms with van der Waals surface area (Å²) in [6, 6.07) is 0. The summed E-state index contributed by atoms with van der Waals surface area (Å²) in [7, 11) is -8.99. The van der Waals surface area contributed by atoms with Crippen molar-refractivity contribution in [1.82, 2.24) is 0 Å². The van der Waals surface area contributed by atoms with Crippen molar-refractivity contribution in [2.24, 2.45) is 9.98 Å². The third-order valence-electron chi connectivity index (χ3n) is 2.62. The summed E-state index contributed by atoms with van der Waals surface area (Å²) in [6.07, 6.45) is 2.69. The molecule has 0 aromatic heterocycles. The number of carbonyl (C=O) groups is 2. The first-order chi connectivity index (χ1) is 10.8. The number of rotatable bonds is 4. The lowest BCUT2D eigenvalue weighted by Gasteiger charge is -2.12. The summed E-state index contributed by atoms with van der Waals surface area (Å²) in [5, 5.41) is 0. The molecule has 0 fully saturated rings. The molecule has 132 valence electrons. The smallest absolute Gasteiger partial charge is 0.274 e. The van der Waals surface area contributed by atoms with Crippen molar-refractivity contribution in [3.05, 3.63) is 23.3 Å². The molecule has 12 heteroatoms. The minimum Gasteiger partial charge on any atom is -0.285 e. The van der Waals surface area contributed by atoms with Crippen LogP contribution in [0.25, 0.3) is 0 Å². The van der Waals surface area contributed by atoms with Gasteiger partial charge in [-0.25, -0.2) is 9.98 Å². The molecule has 0 bridgehead atoms. The van der Waals surface area contributed by atoms with E-state index in [1.807, 2.05) is 0 Å². The predicted molar refractivity (Wildman–Crippen MR) is 85.2 cm³/mol. The Bertz CT molecular complexity index is 829. The Labute approximate surface area is 138 Å². The van der Waals surface area contributed by atoms with Crippen LogP contribution < -0.4 is 0 Å². The molecule has 24 heavy (non-hydrogen) atoms. The molecule has 0 radical (unpaired) electrons. The van der Waals surface area contributed by atoms with Crippen molar-refractivity contribution in [1.29, 1.82) is 0 Å². The zero-order valence-electron chi connectivity index (χ0n) is 12.6. The average Bonchev–Trinajstić information content (AvgIpc) is 2.30. The Balaban J connectivity index is 3.06. The van der Waals surface area contributed by atoms with Gasteiger partial charge in [0.25, 0.3) is 32.1 Å². The van der Waals surface area contributed by atoms with Gasteiger partial charge in [0.2, 0.25) is 0 Å². The molecule has 0 unspecified atom stereocenters. The predicted octanol–water partition coefficient (Wildman–Crippen LogP) is -0.397. The normalized spacial score (nSPS) is 19.2. The number of aliphatic imine (C=N–C) groups is 2. The molecule has 0 saturated carbocycles. The third-order valence-corrected chi connectivity index (χ3v) is 3.84. The fourth-order valence-corrected chi connectivity index (χ4v) is 2.43. The summed E-state index contributed by atoms with van der Waals surface area (Å²) in [5.74, 6) is -4.48. The number of hydrogen-bond donors (Lipinski definition) is 2. The highest BCUT2D eigenvalue weighted by Crippen LogP contribution is 2.14. The Kier molecular flexibility index (Phi) is 6.05. The van der Waals surface area contributed by atoms with Gasteiger partial charge in [-0.2, -0.15) is 16.8 Å². The number of carbonyl (C=O) groups excluding carboxylic acids is 2. The molecular weight excluding hydrogens is 364 g/mol. The molecule has 1 rings (SSSR count). The largest absolute Gasteiger partial charge is 0.285 e. The summed E-state index contributed by atoms with van der Waals surface area (Å²) in [4.78, 5) is 30.0. The van der Waals surface area contributed by atoms with E-state index in [9.17, 15) is 26.4 Å². The third kappa shape index (κ3) is 7.04. The molecule has 0 heterocycles.